The molecule has 2 aromatic rings. The highest BCUT2D eigenvalue weighted by molar-refractivity contribution is 7.10. The van der Waals surface area contributed by atoms with Gasteiger partial charge in [0.1, 0.15) is 11.0 Å². The van der Waals surface area contributed by atoms with Gasteiger partial charge in [0.15, 0.2) is 0 Å². The molecule has 1 unspecified atom stereocenters. The average Bonchev–Trinajstić information content (AvgIpc) is 2.95. The van der Waals surface area contributed by atoms with Crippen LogP contribution in [0.25, 0.3) is 0 Å². The minimum Gasteiger partial charge on any atom is -0.321 e. The fraction of sp³-hybridized carbons (Fsp3) is 0.462. The fourth-order valence-electron chi connectivity index (χ4n) is 2.53. The standard InChI is InChI=1S/C13H16ClN3S/c1-9-10-4-6-18-11(10)3-5-17(9)8-13-15-7-12(14)16(13)2/h4,6-7,9H,3,5,8H2,1-2H3. The Bertz CT molecular complexity index is 560. The van der Waals surface area contributed by atoms with E-state index in [9.17, 15) is 0 Å². The van der Waals surface area contributed by atoms with Gasteiger partial charge in [0.05, 0.1) is 12.7 Å². The molecule has 3 rings (SSSR count). The number of rotatable bonds is 2. The summed E-state index contributed by atoms with van der Waals surface area (Å²) in [5.74, 6) is 1.03. The first-order valence-corrected chi connectivity index (χ1v) is 7.39. The van der Waals surface area contributed by atoms with Crippen LogP contribution in [-0.2, 0) is 20.0 Å². The molecule has 1 atom stereocenters. The van der Waals surface area contributed by atoms with Crippen molar-refractivity contribution in [3.63, 3.8) is 0 Å². The van der Waals surface area contributed by atoms with Gasteiger partial charge in [-0.15, -0.1) is 11.3 Å². The van der Waals surface area contributed by atoms with E-state index in [4.69, 9.17) is 11.6 Å². The van der Waals surface area contributed by atoms with Gasteiger partial charge in [-0.2, -0.15) is 0 Å². The lowest BCUT2D eigenvalue weighted by molar-refractivity contribution is 0.185. The van der Waals surface area contributed by atoms with Crippen LogP contribution in [0.4, 0.5) is 0 Å². The van der Waals surface area contributed by atoms with E-state index in [2.05, 4.69) is 28.3 Å². The molecule has 0 saturated carbocycles. The van der Waals surface area contributed by atoms with E-state index in [-0.39, 0.29) is 0 Å². The van der Waals surface area contributed by atoms with Crippen LogP contribution in [0, 0.1) is 0 Å². The van der Waals surface area contributed by atoms with E-state index < -0.39 is 0 Å². The third kappa shape index (κ3) is 1.98. The van der Waals surface area contributed by atoms with E-state index >= 15 is 0 Å². The van der Waals surface area contributed by atoms with Crippen molar-refractivity contribution in [1.82, 2.24) is 14.5 Å². The zero-order valence-corrected chi connectivity index (χ0v) is 12.1. The highest BCUT2D eigenvalue weighted by Crippen LogP contribution is 2.33. The maximum atomic E-state index is 6.03. The van der Waals surface area contributed by atoms with Gasteiger partial charge >= 0.3 is 0 Å². The first-order valence-electron chi connectivity index (χ1n) is 6.13. The minimum absolute atomic E-state index is 0.468. The average molecular weight is 282 g/mol. The summed E-state index contributed by atoms with van der Waals surface area (Å²) in [4.78, 5) is 8.38. The van der Waals surface area contributed by atoms with Crippen molar-refractivity contribution in [3.8, 4) is 0 Å². The van der Waals surface area contributed by atoms with E-state index in [0.29, 0.717) is 11.2 Å². The summed E-state index contributed by atoms with van der Waals surface area (Å²) in [5.41, 5.74) is 1.48. The molecule has 3 heterocycles. The Hall–Kier alpha value is -0.840. The Morgan fingerprint density at radius 3 is 3.11 bits per heavy atom. The van der Waals surface area contributed by atoms with Gasteiger partial charge in [0.25, 0.3) is 0 Å². The lowest BCUT2D eigenvalue weighted by Crippen LogP contribution is -2.33. The quantitative estimate of drug-likeness (QED) is 0.842. The summed E-state index contributed by atoms with van der Waals surface area (Å²) in [6, 6.07) is 2.72. The van der Waals surface area contributed by atoms with Crippen molar-refractivity contribution in [2.24, 2.45) is 7.05 Å². The highest BCUT2D eigenvalue weighted by atomic mass is 35.5. The maximum Gasteiger partial charge on any atom is 0.128 e. The molecule has 0 fully saturated rings. The highest BCUT2D eigenvalue weighted by Gasteiger charge is 2.25. The summed E-state index contributed by atoms with van der Waals surface area (Å²) < 4.78 is 1.96. The van der Waals surface area contributed by atoms with Gasteiger partial charge in [0, 0.05) is 24.5 Å². The molecule has 1 aliphatic heterocycles. The van der Waals surface area contributed by atoms with Gasteiger partial charge in [-0.3, -0.25) is 4.90 Å². The van der Waals surface area contributed by atoms with Gasteiger partial charge < -0.3 is 4.57 Å². The molecular weight excluding hydrogens is 266 g/mol. The molecule has 0 N–H and O–H groups in total. The third-order valence-electron chi connectivity index (χ3n) is 3.78. The number of thiophene rings is 1. The van der Waals surface area contributed by atoms with E-state index in [1.54, 1.807) is 6.20 Å². The van der Waals surface area contributed by atoms with Crippen molar-refractivity contribution >= 4 is 22.9 Å². The second kappa shape index (κ2) is 4.68. The van der Waals surface area contributed by atoms with Crippen LogP contribution in [0.15, 0.2) is 17.6 Å². The largest absolute Gasteiger partial charge is 0.321 e. The molecule has 0 amide bonds. The molecule has 0 aromatic carbocycles. The number of aromatic nitrogens is 2. The van der Waals surface area contributed by atoms with Gasteiger partial charge in [-0.1, -0.05) is 11.6 Å². The molecule has 0 saturated heterocycles. The van der Waals surface area contributed by atoms with Gasteiger partial charge in [-0.25, -0.2) is 4.98 Å². The number of hydrogen-bond acceptors (Lipinski definition) is 3. The van der Waals surface area contributed by atoms with E-state index in [1.807, 2.05) is 23.0 Å². The first-order chi connectivity index (χ1) is 8.66. The maximum absolute atomic E-state index is 6.03. The zero-order valence-electron chi connectivity index (χ0n) is 10.6. The van der Waals surface area contributed by atoms with Gasteiger partial charge in [-0.05, 0) is 30.4 Å². The van der Waals surface area contributed by atoms with Crippen LogP contribution in [0.1, 0.15) is 29.2 Å². The second-order valence-corrected chi connectivity index (χ2v) is 6.14. The van der Waals surface area contributed by atoms with Crippen LogP contribution >= 0.6 is 22.9 Å². The van der Waals surface area contributed by atoms with Gasteiger partial charge in [0.2, 0.25) is 0 Å². The van der Waals surface area contributed by atoms with Crippen molar-refractivity contribution in [2.45, 2.75) is 25.9 Å². The topological polar surface area (TPSA) is 21.1 Å². The van der Waals surface area contributed by atoms with Crippen LogP contribution in [0.3, 0.4) is 0 Å². The predicted octanol–water partition coefficient (Wildman–Crippen LogP) is 3.25. The zero-order chi connectivity index (χ0) is 12.7. The molecule has 96 valence electrons. The summed E-state index contributed by atoms with van der Waals surface area (Å²) in [6.07, 6.45) is 2.87. The SMILES string of the molecule is CC1c2ccsc2CCN1Cc1ncc(Cl)n1C. The predicted molar refractivity (Wildman–Crippen MR) is 75.1 cm³/mol. The summed E-state index contributed by atoms with van der Waals surface area (Å²) >= 11 is 7.91. The third-order valence-corrected chi connectivity index (χ3v) is 5.12. The number of halogens is 1. The number of hydrogen-bond donors (Lipinski definition) is 0. The normalized spacial score (nSPS) is 20.1. The number of fused-ring (bicyclic) bond motifs is 1. The van der Waals surface area contributed by atoms with Crippen LogP contribution in [0.5, 0.6) is 0 Å². The molecule has 0 spiro atoms. The number of imidazole rings is 1. The fourth-order valence-corrected chi connectivity index (χ4v) is 3.64. The van der Waals surface area contributed by atoms with E-state index in [0.717, 1.165) is 25.3 Å². The molecule has 5 heteroatoms. The molecule has 0 bridgehead atoms. The Labute approximate surface area is 116 Å². The van der Waals surface area contributed by atoms with Crippen molar-refractivity contribution in [1.29, 1.82) is 0 Å². The first kappa shape index (κ1) is 12.2. The summed E-state index contributed by atoms with van der Waals surface area (Å²) in [5, 5.41) is 2.90. The Morgan fingerprint density at radius 2 is 2.39 bits per heavy atom. The lowest BCUT2D eigenvalue weighted by atomic mass is 10.0. The lowest BCUT2D eigenvalue weighted by Gasteiger charge is -2.33. The Morgan fingerprint density at radius 1 is 1.56 bits per heavy atom. The van der Waals surface area contributed by atoms with Crippen molar-refractivity contribution < 1.29 is 0 Å². The minimum atomic E-state index is 0.468. The molecule has 1 aliphatic rings. The second-order valence-electron chi connectivity index (χ2n) is 4.75. The Balaban J connectivity index is 1.81. The Kier molecular flexibility index (Phi) is 3.18. The van der Waals surface area contributed by atoms with Crippen LogP contribution < -0.4 is 0 Å². The molecule has 3 nitrogen and oxygen atoms in total. The molecule has 0 aliphatic carbocycles. The molecular formula is C13H16ClN3S. The monoisotopic (exact) mass is 281 g/mol. The molecule has 18 heavy (non-hydrogen) atoms. The summed E-state index contributed by atoms with van der Waals surface area (Å²) in [7, 11) is 1.97. The smallest absolute Gasteiger partial charge is 0.128 e. The molecule has 0 radical (unpaired) electrons. The molecule has 2 aromatic heterocycles. The van der Waals surface area contributed by atoms with Crippen molar-refractivity contribution in [3.05, 3.63) is 39.1 Å². The van der Waals surface area contributed by atoms with Crippen LogP contribution in [-0.4, -0.2) is 21.0 Å². The number of nitrogens with zero attached hydrogens (tertiary/aromatic N) is 3. The van der Waals surface area contributed by atoms with Crippen LogP contribution in [0.2, 0.25) is 5.15 Å². The van der Waals surface area contributed by atoms with Crippen molar-refractivity contribution in [2.75, 3.05) is 6.54 Å². The summed E-state index contributed by atoms with van der Waals surface area (Å²) in [6.45, 7) is 4.23. The van der Waals surface area contributed by atoms with E-state index in [1.165, 1.54) is 10.4 Å².